The smallest absolute Gasteiger partial charge is 0.281 e. The summed E-state index contributed by atoms with van der Waals surface area (Å²) in [5.74, 6) is -0.343. The normalized spacial score (nSPS) is 11.8. The molecule has 0 radical (unpaired) electrons. The Morgan fingerprint density at radius 1 is 1.38 bits per heavy atom. The number of aromatic nitrogens is 2. The first-order chi connectivity index (χ1) is 9.88. The van der Waals surface area contributed by atoms with E-state index in [1.54, 1.807) is 12.3 Å². The van der Waals surface area contributed by atoms with Crippen molar-refractivity contribution in [2.75, 3.05) is 0 Å². The van der Waals surface area contributed by atoms with Crippen molar-refractivity contribution in [1.29, 1.82) is 0 Å². The molecule has 0 spiro atoms. The number of benzene rings is 1. The summed E-state index contributed by atoms with van der Waals surface area (Å²) < 4.78 is 0.915. The molecule has 2 aromatic rings. The van der Waals surface area contributed by atoms with Crippen LogP contribution in [0.25, 0.3) is 0 Å². The van der Waals surface area contributed by atoms with Crippen LogP contribution >= 0.6 is 15.9 Å². The number of hydrogen-bond acceptors (Lipinski definition) is 3. The highest BCUT2D eigenvalue weighted by Gasteiger charge is 2.19. The van der Waals surface area contributed by atoms with Crippen LogP contribution in [0.1, 0.15) is 42.5 Å². The van der Waals surface area contributed by atoms with E-state index in [0.29, 0.717) is 5.69 Å². The fourth-order valence-corrected chi connectivity index (χ4v) is 2.01. The summed E-state index contributed by atoms with van der Waals surface area (Å²) in [5.41, 5.74) is 4.50. The highest BCUT2D eigenvalue weighted by Crippen LogP contribution is 2.20. The number of nitrogens with zero attached hydrogens (tertiary/aromatic N) is 2. The molecule has 21 heavy (non-hydrogen) atoms. The van der Waals surface area contributed by atoms with Crippen LogP contribution in [0.15, 0.2) is 39.9 Å². The van der Waals surface area contributed by atoms with Crippen molar-refractivity contribution in [2.24, 2.45) is 5.10 Å². The predicted molar refractivity (Wildman–Crippen MR) is 86.5 cm³/mol. The summed E-state index contributed by atoms with van der Waals surface area (Å²) in [7, 11) is 0. The van der Waals surface area contributed by atoms with Gasteiger partial charge in [-0.2, -0.15) is 10.2 Å². The maximum atomic E-state index is 11.9. The molecule has 1 aromatic heterocycles. The van der Waals surface area contributed by atoms with Crippen LogP contribution < -0.4 is 5.43 Å². The topological polar surface area (TPSA) is 70.1 Å². The number of carbonyl (C=O) groups excluding carboxylic acids is 1. The van der Waals surface area contributed by atoms with E-state index >= 15 is 0 Å². The number of hydrazone groups is 1. The summed E-state index contributed by atoms with van der Waals surface area (Å²) in [6.07, 6.45) is 1.58. The maximum absolute atomic E-state index is 11.9. The van der Waals surface area contributed by atoms with Crippen LogP contribution in [0.2, 0.25) is 0 Å². The molecule has 0 atom stereocenters. The van der Waals surface area contributed by atoms with Gasteiger partial charge in [0.2, 0.25) is 0 Å². The van der Waals surface area contributed by atoms with Gasteiger partial charge < -0.3 is 0 Å². The van der Waals surface area contributed by atoms with Gasteiger partial charge in [-0.15, -0.1) is 0 Å². The van der Waals surface area contributed by atoms with Gasteiger partial charge in [0.1, 0.15) is 0 Å². The zero-order valence-electron chi connectivity index (χ0n) is 12.1. The number of amides is 1. The van der Waals surface area contributed by atoms with E-state index in [-0.39, 0.29) is 11.3 Å². The summed E-state index contributed by atoms with van der Waals surface area (Å²) in [6, 6.07) is 9.36. The minimum atomic E-state index is -0.343. The molecule has 2 N–H and O–H groups in total. The highest BCUT2D eigenvalue weighted by molar-refractivity contribution is 9.10. The van der Waals surface area contributed by atoms with Crippen molar-refractivity contribution in [1.82, 2.24) is 15.6 Å². The maximum Gasteiger partial charge on any atom is 0.291 e. The van der Waals surface area contributed by atoms with E-state index in [0.717, 1.165) is 15.7 Å². The van der Waals surface area contributed by atoms with E-state index in [1.807, 2.05) is 45.0 Å². The molecule has 0 unspecified atom stereocenters. The first kappa shape index (κ1) is 15.4. The third kappa shape index (κ3) is 4.01. The van der Waals surface area contributed by atoms with Gasteiger partial charge in [0.25, 0.3) is 5.91 Å². The third-order valence-electron chi connectivity index (χ3n) is 2.89. The van der Waals surface area contributed by atoms with E-state index in [9.17, 15) is 4.79 Å². The second-order valence-electron chi connectivity index (χ2n) is 5.64. The van der Waals surface area contributed by atoms with Crippen molar-refractivity contribution in [2.45, 2.75) is 26.2 Å². The molecule has 0 aliphatic heterocycles. The SMILES string of the molecule is CC(C)(C)c1cc(C(=O)N/N=C\c2ccccc2Br)n[nH]1. The van der Waals surface area contributed by atoms with Crippen LogP contribution in [0, 0.1) is 0 Å². The summed E-state index contributed by atoms with van der Waals surface area (Å²) >= 11 is 3.41. The lowest BCUT2D eigenvalue weighted by Crippen LogP contribution is -2.18. The molecule has 1 amide bonds. The molecule has 0 aliphatic carbocycles. The number of halogens is 1. The van der Waals surface area contributed by atoms with Gasteiger partial charge in [0.15, 0.2) is 5.69 Å². The first-order valence-corrected chi connectivity index (χ1v) is 7.31. The molecule has 0 saturated heterocycles. The largest absolute Gasteiger partial charge is 0.291 e. The number of aromatic amines is 1. The van der Waals surface area contributed by atoms with Crippen LogP contribution in [-0.4, -0.2) is 22.3 Å². The molecular weight excluding hydrogens is 332 g/mol. The Morgan fingerprint density at radius 2 is 2.10 bits per heavy atom. The highest BCUT2D eigenvalue weighted by atomic mass is 79.9. The first-order valence-electron chi connectivity index (χ1n) is 6.52. The van der Waals surface area contributed by atoms with Gasteiger partial charge in [0, 0.05) is 21.1 Å². The van der Waals surface area contributed by atoms with Crippen LogP contribution in [-0.2, 0) is 5.41 Å². The van der Waals surface area contributed by atoms with Gasteiger partial charge >= 0.3 is 0 Å². The monoisotopic (exact) mass is 348 g/mol. The van der Waals surface area contributed by atoms with E-state index in [4.69, 9.17) is 0 Å². The van der Waals surface area contributed by atoms with Crippen molar-refractivity contribution in [3.8, 4) is 0 Å². The summed E-state index contributed by atoms with van der Waals surface area (Å²) in [5, 5.41) is 10.8. The summed E-state index contributed by atoms with van der Waals surface area (Å²) in [6.45, 7) is 6.15. The van der Waals surface area contributed by atoms with Gasteiger partial charge in [-0.25, -0.2) is 5.43 Å². The Labute approximate surface area is 132 Å². The third-order valence-corrected chi connectivity index (χ3v) is 3.62. The Kier molecular flexibility index (Phi) is 4.57. The lowest BCUT2D eigenvalue weighted by Gasteiger charge is -2.14. The van der Waals surface area contributed by atoms with Gasteiger partial charge in [0.05, 0.1) is 6.21 Å². The summed E-state index contributed by atoms with van der Waals surface area (Å²) in [4.78, 5) is 11.9. The molecule has 0 bridgehead atoms. The number of rotatable bonds is 3. The molecule has 5 nitrogen and oxygen atoms in total. The Balaban J connectivity index is 2.02. The van der Waals surface area contributed by atoms with E-state index in [1.165, 1.54) is 0 Å². The zero-order valence-corrected chi connectivity index (χ0v) is 13.7. The molecular formula is C15H17BrN4O. The molecule has 0 saturated carbocycles. The molecule has 110 valence electrons. The van der Waals surface area contributed by atoms with Crippen LogP contribution in [0.3, 0.4) is 0 Å². The molecule has 0 aliphatic rings. The van der Waals surface area contributed by atoms with Crippen LogP contribution in [0.5, 0.6) is 0 Å². The fourth-order valence-electron chi connectivity index (χ4n) is 1.62. The standard InChI is InChI=1S/C15H17BrN4O/c1-15(2,3)13-8-12(18-19-13)14(21)20-17-9-10-6-4-5-7-11(10)16/h4-9H,1-3H3,(H,18,19)(H,20,21)/b17-9-. The van der Waals surface area contributed by atoms with Gasteiger partial charge in [-0.3, -0.25) is 9.89 Å². The number of carbonyl (C=O) groups is 1. The van der Waals surface area contributed by atoms with E-state index in [2.05, 4.69) is 36.7 Å². The number of nitrogens with one attached hydrogen (secondary N) is 2. The second kappa shape index (κ2) is 6.22. The predicted octanol–water partition coefficient (Wildman–Crippen LogP) is 3.23. The quantitative estimate of drug-likeness (QED) is 0.660. The molecule has 0 fully saturated rings. The molecule has 1 heterocycles. The lowest BCUT2D eigenvalue weighted by molar-refractivity contribution is 0.0950. The Morgan fingerprint density at radius 3 is 2.71 bits per heavy atom. The lowest BCUT2D eigenvalue weighted by atomic mass is 9.92. The number of hydrogen-bond donors (Lipinski definition) is 2. The van der Waals surface area contributed by atoms with Crippen molar-refractivity contribution in [3.63, 3.8) is 0 Å². The Bertz CT molecular complexity index is 670. The number of H-pyrrole nitrogens is 1. The van der Waals surface area contributed by atoms with Crippen molar-refractivity contribution in [3.05, 3.63) is 51.8 Å². The second-order valence-corrected chi connectivity index (χ2v) is 6.49. The van der Waals surface area contributed by atoms with E-state index < -0.39 is 0 Å². The Hall–Kier alpha value is -1.95. The molecule has 2 rings (SSSR count). The average molecular weight is 349 g/mol. The average Bonchev–Trinajstić information content (AvgIpc) is 2.90. The minimum absolute atomic E-state index is 0.0797. The minimum Gasteiger partial charge on any atom is -0.281 e. The van der Waals surface area contributed by atoms with Crippen LogP contribution in [0.4, 0.5) is 0 Å². The zero-order chi connectivity index (χ0) is 15.5. The van der Waals surface area contributed by atoms with Gasteiger partial charge in [-0.05, 0) is 12.1 Å². The van der Waals surface area contributed by atoms with Crippen molar-refractivity contribution < 1.29 is 4.79 Å². The fraction of sp³-hybridized carbons (Fsp3) is 0.267. The molecule has 6 heteroatoms. The van der Waals surface area contributed by atoms with Gasteiger partial charge in [-0.1, -0.05) is 54.9 Å². The molecule has 1 aromatic carbocycles. The van der Waals surface area contributed by atoms with Crippen molar-refractivity contribution >= 4 is 28.1 Å².